The number of halogens is 3. The zero-order chi connectivity index (χ0) is 16.4. The molecule has 1 N–H and O–H groups in total. The Morgan fingerprint density at radius 1 is 1.35 bits per heavy atom. The van der Waals surface area contributed by atoms with Crippen LogP contribution in [-0.2, 0) is 36.9 Å². The van der Waals surface area contributed by atoms with Crippen molar-refractivity contribution in [3.8, 4) is 0 Å². The Balaban J connectivity index is 1.74. The first kappa shape index (κ1) is 16.0. The fourth-order valence-electron chi connectivity index (χ4n) is 2.82. The Kier molecular flexibility index (Phi) is 4.43. The zero-order valence-electron chi connectivity index (χ0n) is 12.3. The van der Waals surface area contributed by atoms with Gasteiger partial charge in [-0.25, -0.2) is 0 Å². The molecule has 3 rings (SSSR count). The second-order valence-corrected chi connectivity index (χ2v) is 6.52. The molecule has 1 aliphatic rings. The molecule has 124 valence electrons. The predicted octanol–water partition coefficient (Wildman–Crippen LogP) is 3.16. The average molecular weight is 343 g/mol. The summed E-state index contributed by atoms with van der Waals surface area (Å²) in [5, 5.41) is 8.30. The van der Waals surface area contributed by atoms with Gasteiger partial charge in [-0.15, -0.1) is 11.3 Å². The number of aromatic nitrogens is 2. The van der Waals surface area contributed by atoms with Crippen LogP contribution in [0.3, 0.4) is 0 Å². The molecule has 4 nitrogen and oxygen atoms in total. The maximum absolute atomic E-state index is 13.1. The van der Waals surface area contributed by atoms with E-state index in [2.05, 4.69) is 10.4 Å². The van der Waals surface area contributed by atoms with Crippen LogP contribution in [0.2, 0.25) is 0 Å². The quantitative estimate of drug-likeness (QED) is 0.927. The molecule has 0 fully saturated rings. The van der Waals surface area contributed by atoms with Crippen molar-refractivity contribution in [1.82, 2.24) is 15.1 Å². The number of carbonyl (C=O) groups is 1. The topological polar surface area (TPSA) is 46.9 Å². The molecule has 1 aliphatic carbocycles. The van der Waals surface area contributed by atoms with E-state index in [9.17, 15) is 18.0 Å². The Morgan fingerprint density at radius 2 is 2.13 bits per heavy atom. The van der Waals surface area contributed by atoms with Gasteiger partial charge in [-0.05, 0) is 37.1 Å². The molecule has 23 heavy (non-hydrogen) atoms. The summed E-state index contributed by atoms with van der Waals surface area (Å²) in [5.74, 6) is -0.331. The second kappa shape index (κ2) is 6.35. The van der Waals surface area contributed by atoms with Crippen LogP contribution in [0.5, 0.6) is 0 Å². The lowest BCUT2D eigenvalue weighted by Gasteiger charge is -2.14. The molecule has 0 saturated heterocycles. The number of hydrogen-bond donors (Lipinski definition) is 1. The van der Waals surface area contributed by atoms with Crippen molar-refractivity contribution in [3.05, 3.63) is 39.3 Å². The molecule has 0 aliphatic heterocycles. The van der Waals surface area contributed by atoms with Crippen LogP contribution in [0.25, 0.3) is 0 Å². The molecule has 2 heterocycles. The van der Waals surface area contributed by atoms with Gasteiger partial charge < -0.3 is 5.32 Å². The number of thiophene rings is 1. The molecule has 1 amide bonds. The van der Waals surface area contributed by atoms with Crippen molar-refractivity contribution in [2.45, 2.75) is 44.9 Å². The minimum absolute atomic E-state index is 0.177. The molecular weight excluding hydrogens is 327 g/mol. The second-order valence-electron chi connectivity index (χ2n) is 5.49. The number of hydrogen-bond acceptors (Lipinski definition) is 3. The summed E-state index contributed by atoms with van der Waals surface area (Å²) in [7, 11) is 0. The van der Waals surface area contributed by atoms with Gasteiger partial charge in [0.05, 0.1) is 6.54 Å². The van der Waals surface area contributed by atoms with E-state index < -0.39 is 11.9 Å². The maximum atomic E-state index is 13.1. The highest BCUT2D eigenvalue weighted by atomic mass is 32.1. The lowest BCUT2D eigenvalue weighted by atomic mass is 9.95. The molecule has 0 atom stereocenters. The highest BCUT2D eigenvalue weighted by molar-refractivity contribution is 7.09. The van der Waals surface area contributed by atoms with E-state index in [1.165, 1.54) is 16.0 Å². The third-order valence-electron chi connectivity index (χ3n) is 3.86. The molecule has 0 spiro atoms. The Bertz CT molecular complexity index is 692. The number of fused-ring (bicyclic) bond motifs is 1. The number of carbonyl (C=O) groups excluding carboxylic acids is 1. The lowest BCUT2D eigenvalue weighted by molar-refractivity contribution is -0.142. The number of alkyl halides is 3. The summed E-state index contributed by atoms with van der Waals surface area (Å²) in [6, 6.07) is 3.77. The number of nitrogens with one attached hydrogen (secondary N) is 1. The zero-order valence-corrected chi connectivity index (χ0v) is 13.1. The van der Waals surface area contributed by atoms with Crippen molar-refractivity contribution in [2.75, 3.05) is 0 Å². The molecule has 0 saturated carbocycles. The third kappa shape index (κ3) is 3.57. The molecule has 2 aromatic heterocycles. The van der Waals surface area contributed by atoms with Crippen LogP contribution in [0.4, 0.5) is 13.2 Å². The standard InChI is InChI=1S/C15H16F3N3OS/c16-15(17,18)14-11-5-1-2-6-12(11)21(20-14)9-13(22)19-8-10-4-3-7-23-10/h3-4,7H,1-2,5-6,8-9H2,(H,19,22). The van der Waals surface area contributed by atoms with Crippen LogP contribution in [0, 0.1) is 0 Å². The van der Waals surface area contributed by atoms with Crippen molar-refractivity contribution < 1.29 is 18.0 Å². The van der Waals surface area contributed by atoms with Crippen molar-refractivity contribution >= 4 is 17.2 Å². The van der Waals surface area contributed by atoms with Gasteiger partial charge in [-0.3, -0.25) is 9.48 Å². The monoisotopic (exact) mass is 343 g/mol. The van der Waals surface area contributed by atoms with E-state index in [1.807, 2.05) is 17.5 Å². The molecule has 2 aromatic rings. The van der Waals surface area contributed by atoms with E-state index in [-0.39, 0.29) is 18.0 Å². The molecule has 0 unspecified atom stereocenters. The summed E-state index contributed by atoms with van der Waals surface area (Å²) in [6.45, 7) is 0.204. The van der Waals surface area contributed by atoms with Crippen molar-refractivity contribution in [1.29, 1.82) is 0 Å². The predicted molar refractivity (Wildman–Crippen MR) is 80.0 cm³/mol. The van der Waals surface area contributed by atoms with Crippen molar-refractivity contribution in [3.63, 3.8) is 0 Å². The van der Waals surface area contributed by atoms with Crippen LogP contribution in [0.1, 0.15) is 34.7 Å². The summed E-state index contributed by atoms with van der Waals surface area (Å²) >= 11 is 1.52. The Labute approximate surface area is 135 Å². The SMILES string of the molecule is O=C(Cn1nc(C(F)(F)F)c2c1CCCC2)NCc1cccs1. The van der Waals surface area contributed by atoms with Gasteiger partial charge in [-0.1, -0.05) is 6.07 Å². The van der Waals surface area contributed by atoms with E-state index in [0.717, 1.165) is 17.7 Å². The third-order valence-corrected chi connectivity index (χ3v) is 4.73. The van der Waals surface area contributed by atoms with Gasteiger partial charge in [-0.2, -0.15) is 18.3 Å². The highest BCUT2D eigenvalue weighted by Crippen LogP contribution is 2.35. The van der Waals surface area contributed by atoms with Crippen LogP contribution >= 0.6 is 11.3 Å². The first-order chi connectivity index (χ1) is 10.9. The summed E-state index contributed by atoms with van der Waals surface area (Å²) in [5.41, 5.74) is -0.0251. The highest BCUT2D eigenvalue weighted by Gasteiger charge is 2.39. The minimum atomic E-state index is -4.47. The van der Waals surface area contributed by atoms with Crippen LogP contribution < -0.4 is 5.32 Å². The normalized spacial score (nSPS) is 14.6. The van der Waals surface area contributed by atoms with Crippen LogP contribution in [0.15, 0.2) is 17.5 Å². The largest absolute Gasteiger partial charge is 0.435 e. The Hall–Kier alpha value is -1.83. The summed E-state index contributed by atoms with van der Waals surface area (Å²) in [4.78, 5) is 13.0. The van der Waals surface area contributed by atoms with E-state index in [4.69, 9.17) is 0 Å². The number of rotatable bonds is 4. The van der Waals surface area contributed by atoms with Gasteiger partial charge in [0.2, 0.25) is 5.91 Å². The summed E-state index contributed by atoms with van der Waals surface area (Å²) < 4.78 is 40.5. The smallest absolute Gasteiger partial charge is 0.350 e. The van der Waals surface area contributed by atoms with Crippen LogP contribution in [-0.4, -0.2) is 15.7 Å². The first-order valence-corrected chi connectivity index (χ1v) is 8.28. The minimum Gasteiger partial charge on any atom is -0.350 e. The molecule has 0 bridgehead atoms. The first-order valence-electron chi connectivity index (χ1n) is 7.40. The molecule has 0 radical (unpaired) electrons. The number of nitrogens with zero attached hydrogens (tertiary/aromatic N) is 2. The molecule has 0 aromatic carbocycles. The fraction of sp³-hybridized carbons (Fsp3) is 0.467. The van der Waals surface area contributed by atoms with Gasteiger partial charge >= 0.3 is 6.18 Å². The van der Waals surface area contributed by atoms with Gasteiger partial charge in [0.15, 0.2) is 5.69 Å². The van der Waals surface area contributed by atoms with Crippen molar-refractivity contribution in [2.24, 2.45) is 0 Å². The summed E-state index contributed by atoms with van der Waals surface area (Å²) in [6.07, 6.45) is -2.00. The van der Waals surface area contributed by atoms with Gasteiger partial charge in [0.25, 0.3) is 0 Å². The van der Waals surface area contributed by atoms with E-state index >= 15 is 0 Å². The molecular formula is C15H16F3N3OS. The fourth-order valence-corrected chi connectivity index (χ4v) is 3.46. The van der Waals surface area contributed by atoms with E-state index in [0.29, 0.717) is 25.1 Å². The van der Waals surface area contributed by atoms with Gasteiger partial charge in [0.1, 0.15) is 6.54 Å². The lowest BCUT2D eigenvalue weighted by Crippen LogP contribution is -2.28. The maximum Gasteiger partial charge on any atom is 0.435 e. The Morgan fingerprint density at radius 3 is 2.83 bits per heavy atom. The average Bonchev–Trinajstić information content (AvgIpc) is 3.13. The molecule has 8 heteroatoms. The van der Waals surface area contributed by atoms with Gasteiger partial charge in [0, 0.05) is 16.1 Å². The number of amides is 1. The van der Waals surface area contributed by atoms with E-state index in [1.54, 1.807) is 0 Å².